The van der Waals surface area contributed by atoms with Gasteiger partial charge in [-0.25, -0.2) is 0 Å². The van der Waals surface area contributed by atoms with Crippen molar-refractivity contribution >= 4 is 5.90 Å². The first-order chi connectivity index (χ1) is 5.17. The van der Waals surface area contributed by atoms with E-state index in [2.05, 4.69) is 24.2 Å². The maximum absolute atomic E-state index is 5.10. The third-order valence-corrected chi connectivity index (χ3v) is 1.67. The van der Waals surface area contributed by atoms with Crippen molar-refractivity contribution in [2.45, 2.75) is 19.9 Å². The fourth-order valence-electron chi connectivity index (χ4n) is 1.10. The van der Waals surface area contributed by atoms with E-state index >= 15 is 0 Å². The van der Waals surface area contributed by atoms with Crippen molar-refractivity contribution < 1.29 is 4.74 Å². The summed E-state index contributed by atoms with van der Waals surface area (Å²) in [4.78, 5) is 4.03. The molecule has 0 saturated heterocycles. The summed E-state index contributed by atoms with van der Waals surface area (Å²) in [6.45, 7) is 4.26. The largest absolute Gasteiger partial charge is 0.483 e. The minimum atomic E-state index is 0.227. The van der Waals surface area contributed by atoms with Gasteiger partial charge in [-0.15, -0.1) is 0 Å². The summed E-state index contributed by atoms with van der Waals surface area (Å²) in [7, 11) is 5.30. The molecule has 11 heavy (non-hydrogen) atoms. The molecule has 0 aliphatic carbocycles. The summed E-state index contributed by atoms with van der Waals surface area (Å²) >= 11 is 0. The molecule has 0 saturated carbocycles. The number of hydrogen-bond donors (Lipinski definition) is 1. The van der Waals surface area contributed by atoms with Crippen molar-refractivity contribution in [1.29, 1.82) is 0 Å². The van der Waals surface area contributed by atoms with Gasteiger partial charge in [-0.05, 0) is 13.0 Å². The average Bonchev–Trinajstić information content (AvgIpc) is 1.99. The van der Waals surface area contributed by atoms with Crippen LogP contribution < -0.4 is 5.32 Å². The molecule has 1 N–H and O–H groups in total. The molecule has 0 bridgehead atoms. The Kier molecular flexibility index (Phi) is 4.86. The smallest absolute Gasteiger partial charge is 0.200 e. The number of hydrogen-bond acceptors (Lipinski definition) is 3. The summed E-state index contributed by atoms with van der Waals surface area (Å²) in [5.74, 6) is 1.26. The quantitative estimate of drug-likeness (QED) is 0.489. The number of ether oxygens (including phenoxy) is 1. The summed E-state index contributed by atoms with van der Waals surface area (Å²) < 4.78 is 5.10. The molecule has 0 rings (SSSR count). The van der Waals surface area contributed by atoms with E-state index in [1.807, 2.05) is 7.05 Å². The fourth-order valence-corrected chi connectivity index (χ4v) is 1.10. The van der Waals surface area contributed by atoms with Gasteiger partial charge in [-0.1, -0.05) is 13.8 Å². The zero-order chi connectivity index (χ0) is 8.85. The Labute approximate surface area is 68.9 Å². The monoisotopic (exact) mass is 158 g/mol. The summed E-state index contributed by atoms with van der Waals surface area (Å²) in [6.07, 6.45) is 0. The molecule has 1 atom stereocenters. The lowest BCUT2D eigenvalue weighted by Crippen LogP contribution is -2.39. The molecule has 0 unspecified atom stereocenters. The van der Waals surface area contributed by atoms with Crippen LogP contribution in [0.3, 0.4) is 0 Å². The lowest BCUT2D eigenvalue weighted by molar-refractivity contribution is 0.349. The summed E-state index contributed by atoms with van der Waals surface area (Å²) in [5.41, 5.74) is 0. The molecule has 0 aliphatic rings. The van der Waals surface area contributed by atoms with Crippen LogP contribution in [0.2, 0.25) is 0 Å². The van der Waals surface area contributed by atoms with E-state index in [0.29, 0.717) is 5.92 Å². The molecule has 0 fully saturated rings. The van der Waals surface area contributed by atoms with Gasteiger partial charge < -0.3 is 10.1 Å². The number of nitrogens with zero attached hydrogens (tertiary/aromatic N) is 1. The average molecular weight is 158 g/mol. The van der Waals surface area contributed by atoms with Gasteiger partial charge in [0.15, 0.2) is 0 Å². The highest BCUT2D eigenvalue weighted by atomic mass is 16.5. The first kappa shape index (κ1) is 10.4. The van der Waals surface area contributed by atoms with Gasteiger partial charge in [-0.3, -0.25) is 4.99 Å². The second kappa shape index (κ2) is 5.13. The van der Waals surface area contributed by atoms with Crippen molar-refractivity contribution in [3.8, 4) is 0 Å². The Morgan fingerprint density at radius 3 is 2.09 bits per heavy atom. The van der Waals surface area contributed by atoms with E-state index in [4.69, 9.17) is 4.74 Å². The second-order valence-corrected chi connectivity index (χ2v) is 2.78. The second-order valence-electron chi connectivity index (χ2n) is 2.78. The number of likely N-dealkylation sites (N-methyl/N-ethyl adjacent to an activating group) is 1. The van der Waals surface area contributed by atoms with Gasteiger partial charge in [0, 0.05) is 7.05 Å². The minimum Gasteiger partial charge on any atom is -0.483 e. The molecule has 0 aromatic heterocycles. The van der Waals surface area contributed by atoms with Crippen molar-refractivity contribution in [1.82, 2.24) is 5.32 Å². The lowest BCUT2D eigenvalue weighted by Gasteiger charge is -2.20. The van der Waals surface area contributed by atoms with E-state index in [1.165, 1.54) is 0 Å². The van der Waals surface area contributed by atoms with Gasteiger partial charge in [0.25, 0.3) is 0 Å². The van der Waals surface area contributed by atoms with E-state index in [0.717, 1.165) is 5.90 Å². The third-order valence-electron chi connectivity index (χ3n) is 1.67. The molecule has 0 spiro atoms. The number of rotatable bonds is 3. The standard InChI is InChI=1S/C8H18N2O/c1-6(2)7(9-3)8(10-4)11-5/h6-7,9H,1-5H3/t7-/m1/s1. The highest BCUT2D eigenvalue weighted by molar-refractivity contribution is 5.81. The van der Waals surface area contributed by atoms with Crippen LogP contribution in [0.5, 0.6) is 0 Å². The maximum Gasteiger partial charge on any atom is 0.200 e. The highest BCUT2D eigenvalue weighted by Crippen LogP contribution is 2.03. The van der Waals surface area contributed by atoms with Crippen molar-refractivity contribution in [2.75, 3.05) is 21.2 Å². The molecular formula is C8H18N2O. The van der Waals surface area contributed by atoms with Crippen LogP contribution >= 0.6 is 0 Å². The molecule has 3 nitrogen and oxygen atoms in total. The first-order valence-electron chi connectivity index (χ1n) is 3.85. The minimum absolute atomic E-state index is 0.227. The Balaban J connectivity index is 4.22. The van der Waals surface area contributed by atoms with Crippen molar-refractivity contribution in [2.24, 2.45) is 10.9 Å². The number of nitrogens with one attached hydrogen (secondary N) is 1. The van der Waals surface area contributed by atoms with Crippen LogP contribution in [0.25, 0.3) is 0 Å². The van der Waals surface area contributed by atoms with Crippen LogP contribution in [-0.2, 0) is 4.74 Å². The molecule has 0 aliphatic heterocycles. The van der Waals surface area contributed by atoms with Gasteiger partial charge >= 0.3 is 0 Å². The molecule has 3 heteroatoms. The van der Waals surface area contributed by atoms with E-state index < -0.39 is 0 Å². The van der Waals surface area contributed by atoms with Crippen LogP contribution in [-0.4, -0.2) is 33.1 Å². The molecular weight excluding hydrogens is 140 g/mol. The Morgan fingerprint density at radius 1 is 1.45 bits per heavy atom. The van der Waals surface area contributed by atoms with Crippen molar-refractivity contribution in [3.05, 3.63) is 0 Å². The predicted octanol–water partition coefficient (Wildman–Crippen LogP) is 0.905. The van der Waals surface area contributed by atoms with Crippen LogP contribution in [0.15, 0.2) is 4.99 Å². The summed E-state index contributed by atoms with van der Waals surface area (Å²) in [5, 5.41) is 3.15. The van der Waals surface area contributed by atoms with Gasteiger partial charge in [-0.2, -0.15) is 0 Å². The topological polar surface area (TPSA) is 33.6 Å². The van der Waals surface area contributed by atoms with Gasteiger partial charge in [0.2, 0.25) is 5.90 Å². The Bertz CT molecular complexity index is 132. The molecule has 0 radical (unpaired) electrons. The normalized spacial score (nSPS) is 15.3. The lowest BCUT2D eigenvalue weighted by atomic mass is 10.0. The molecule has 66 valence electrons. The predicted molar refractivity (Wildman–Crippen MR) is 48.1 cm³/mol. The summed E-state index contributed by atoms with van der Waals surface area (Å²) in [6, 6.07) is 0.227. The van der Waals surface area contributed by atoms with Crippen LogP contribution in [0.1, 0.15) is 13.8 Å². The number of aliphatic imine (C=N–C) groups is 1. The SMILES string of the molecule is CN=C(OC)[C@H](NC)C(C)C. The molecule has 0 heterocycles. The maximum atomic E-state index is 5.10. The number of methoxy groups -OCH3 is 1. The van der Waals surface area contributed by atoms with Crippen LogP contribution in [0, 0.1) is 5.92 Å². The zero-order valence-electron chi connectivity index (χ0n) is 8.01. The highest BCUT2D eigenvalue weighted by Gasteiger charge is 2.17. The first-order valence-corrected chi connectivity index (χ1v) is 3.85. The molecule has 0 amide bonds. The van der Waals surface area contributed by atoms with Crippen molar-refractivity contribution in [3.63, 3.8) is 0 Å². The van der Waals surface area contributed by atoms with E-state index in [-0.39, 0.29) is 6.04 Å². The van der Waals surface area contributed by atoms with E-state index in [1.54, 1.807) is 14.2 Å². The van der Waals surface area contributed by atoms with Crippen LogP contribution in [0.4, 0.5) is 0 Å². The zero-order valence-corrected chi connectivity index (χ0v) is 8.01. The Morgan fingerprint density at radius 2 is 2.00 bits per heavy atom. The fraction of sp³-hybridized carbons (Fsp3) is 0.875. The van der Waals surface area contributed by atoms with Gasteiger partial charge in [0.1, 0.15) is 0 Å². The van der Waals surface area contributed by atoms with Gasteiger partial charge in [0.05, 0.1) is 13.2 Å². The third kappa shape index (κ3) is 2.89. The van der Waals surface area contributed by atoms with E-state index in [9.17, 15) is 0 Å². The molecule has 0 aromatic rings. The molecule has 0 aromatic carbocycles. The Hall–Kier alpha value is -0.570.